The van der Waals surface area contributed by atoms with Crippen molar-refractivity contribution in [2.24, 2.45) is 0 Å². The lowest BCUT2D eigenvalue weighted by Gasteiger charge is -2.17. The molecule has 0 atom stereocenters. The Balaban J connectivity index is 1.34. The Kier molecular flexibility index (Phi) is 4.94. The molecule has 0 saturated carbocycles. The molecular weight excluding hydrogens is 348 g/mol. The van der Waals surface area contributed by atoms with E-state index in [4.69, 9.17) is 0 Å². The molecule has 1 aromatic carbocycles. The standard InChI is InChI=1S/C18H22N6OS/c1-23(12-13-3-5-16-17(9-13)22-26-21-16)18(25)6-4-14-10-15-11-19-7-2-8-24(15)20-14/h3,5,9-10,19H,2,4,6-8,11-12H2,1H3. The number of hydrogen-bond acceptors (Lipinski definition) is 6. The molecule has 0 bridgehead atoms. The van der Waals surface area contributed by atoms with Crippen molar-refractivity contribution in [3.8, 4) is 0 Å². The third-order valence-electron chi connectivity index (χ3n) is 4.70. The lowest BCUT2D eigenvalue weighted by atomic mass is 10.1. The number of benzene rings is 1. The summed E-state index contributed by atoms with van der Waals surface area (Å²) in [4.78, 5) is 14.3. The van der Waals surface area contributed by atoms with Gasteiger partial charge in [-0.2, -0.15) is 13.8 Å². The summed E-state index contributed by atoms with van der Waals surface area (Å²) in [7, 11) is 1.85. The van der Waals surface area contributed by atoms with E-state index in [1.807, 2.05) is 25.2 Å². The van der Waals surface area contributed by atoms with Gasteiger partial charge < -0.3 is 10.2 Å². The smallest absolute Gasteiger partial charge is 0.223 e. The Morgan fingerprint density at radius 3 is 3.12 bits per heavy atom. The number of rotatable bonds is 5. The lowest BCUT2D eigenvalue weighted by molar-refractivity contribution is -0.130. The second kappa shape index (κ2) is 7.51. The fourth-order valence-corrected chi connectivity index (χ4v) is 3.77. The average molecular weight is 370 g/mol. The van der Waals surface area contributed by atoms with Crippen molar-refractivity contribution >= 4 is 28.7 Å². The number of aromatic nitrogens is 4. The van der Waals surface area contributed by atoms with Crippen LogP contribution in [0, 0.1) is 0 Å². The van der Waals surface area contributed by atoms with Crippen molar-refractivity contribution in [1.29, 1.82) is 0 Å². The fourth-order valence-electron chi connectivity index (χ4n) is 3.26. The molecule has 0 spiro atoms. The van der Waals surface area contributed by atoms with Crippen molar-refractivity contribution in [3.05, 3.63) is 41.2 Å². The van der Waals surface area contributed by atoms with Gasteiger partial charge in [-0.3, -0.25) is 9.48 Å². The monoisotopic (exact) mass is 370 g/mol. The molecule has 8 heteroatoms. The minimum atomic E-state index is 0.128. The summed E-state index contributed by atoms with van der Waals surface area (Å²) < 4.78 is 10.5. The number of nitrogens with one attached hydrogen (secondary N) is 1. The molecule has 26 heavy (non-hydrogen) atoms. The summed E-state index contributed by atoms with van der Waals surface area (Å²) in [6.45, 7) is 3.42. The van der Waals surface area contributed by atoms with Crippen molar-refractivity contribution < 1.29 is 4.79 Å². The number of fused-ring (bicyclic) bond motifs is 2. The van der Waals surface area contributed by atoms with Crippen LogP contribution in [0.25, 0.3) is 11.0 Å². The minimum Gasteiger partial charge on any atom is -0.341 e. The van der Waals surface area contributed by atoms with Crippen LogP contribution in [0.5, 0.6) is 0 Å². The molecule has 1 aliphatic rings. The van der Waals surface area contributed by atoms with Gasteiger partial charge in [0.2, 0.25) is 5.91 Å². The zero-order valence-electron chi connectivity index (χ0n) is 14.8. The van der Waals surface area contributed by atoms with Crippen molar-refractivity contribution in [1.82, 2.24) is 28.7 Å². The molecule has 1 N–H and O–H groups in total. The number of nitrogens with zero attached hydrogens (tertiary/aromatic N) is 5. The normalized spacial score (nSPS) is 14.2. The van der Waals surface area contributed by atoms with Gasteiger partial charge in [-0.05, 0) is 36.7 Å². The molecule has 0 unspecified atom stereocenters. The summed E-state index contributed by atoms with van der Waals surface area (Å²) in [6.07, 6.45) is 2.24. The van der Waals surface area contributed by atoms with Crippen LogP contribution in [0.1, 0.15) is 29.8 Å². The van der Waals surface area contributed by atoms with Crippen molar-refractivity contribution in [3.63, 3.8) is 0 Å². The third kappa shape index (κ3) is 3.76. The van der Waals surface area contributed by atoms with Crippen LogP contribution in [-0.4, -0.2) is 42.9 Å². The zero-order chi connectivity index (χ0) is 17.9. The largest absolute Gasteiger partial charge is 0.341 e. The van der Waals surface area contributed by atoms with Gasteiger partial charge in [-0.25, -0.2) is 0 Å². The topological polar surface area (TPSA) is 75.9 Å². The van der Waals surface area contributed by atoms with E-state index in [1.165, 1.54) is 17.4 Å². The first-order chi connectivity index (χ1) is 12.7. The Labute approximate surface area is 156 Å². The Morgan fingerprint density at radius 1 is 1.31 bits per heavy atom. The maximum Gasteiger partial charge on any atom is 0.223 e. The highest BCUT2D eigenvalue weighted by Gasteiger charge is 2.14. The summed E-state index contributed by atoms with van der Waals surface area (Å²) in [6, 6.07) is 8.09. The fraction of sp³-hybridized carbons (Fsp3) is 0.444. The first-order valence-corrected chi connectivity index (χ1v) is 9.63. The van der Waals surface area contributed by atoms with Gasteiger partial charge in [0.1, 0.15) is 11.0 Å². The van der Waals surface area contributed by atoms with Gasteiger partial charge in [-0.15, -0.1) is 0 Å². The molecule has 0 fully saturated rings. The predicted molar refractivity (Wildman–Crippen MR) is 101 cm³/mol. The Hall–Kier alpha value is -2.32. The second-order valence-corrected chi connectivity index (χ2v) is 7.25. The van der Waals surface area contributed by atoms with Gasteiger partial charge in [0, 0.05) is 39.5 Å². The maximum atomic E-state index is 12.5. The van der Waals surface area contributed by atoms with Crippen LogP contribution in [-0.2, 0) is 30.8 Å². The van der Waals surface area contributed by atoms with Gasteiger partial charge >= 0.3 is 0 Å². The SMILES string of the molecule is CN(Cc1ccc2nsnc2c1)C(=O)CCc1cc2n(n1)CCCNC2. The number of hydrogen-bond donors (Lipinski definition) is 1. The zero-order valence-corrected chi connectivity index (χ0v) is 15.6. The number of carbonyl (C=O) groups is 1. The molecule has 3 heterocycles. The van der Waals surface area contributed by atoms with Crippen molar-refractivity contribution in [2.75, 3.05) is 13.6 Å². The molecule has 0 radical (unpaired) electrons. The van der Waals surface area contributed by atoms with E-state index in [2.05, 4.69) is 29.9 Å². The van der Waals surface area contributed by atoms with E-state index in [-0.39, 0.29) is 5.91 Å². The number of aryl methyl sites for hydroxylation is 2. The van der Waals surface area contributed by atoms with E-state index in [1.54, 1.807) is 4.90 Å². The molecular formula is C18H22N6OS. The quantitative estimate of drug-likeness (QED) is 0.743. The van der Waals surface area contributed by atoms with Crippen LogP contribution in [0.2, 0.25) is 0 Å². The molecule has 3 aromatic rings. The maximum absolute atomic E-state index is 12.5. The molecule has 7 nitrogen and oxygen atoms in total. The highest BCUT2D eigenvalue weighted by Crippen LogP contribution is 2.15. The van der Waals surface area contributed by atoms with Crippen molar-refractivity contribution in [2.45, 2.75) is 38.9 Å². The highest BCUT2D eigenvalue weighted by molar-refractivity contribution is 7.00. The number of carbonyl (C=O) groups excluding carboxylic acids is 1. The van der Waals surface area contributed by atoms with Crippen LogP contribution >= 0.6 is 11.7 Å². The first kappa shape index (κ1) is 17.1. The van der Waals surface area contributed by atoms with Crippen LogP contribution in [0.3, 0.4) is 0 Å². The summed E-state index contributed by atoms with van der Waals surface area (Å²) in [5.74, 6) is 0.128. The molecule has 136 valence electrons. The molecule has 1 aliphatic heterocycles. The summed E-state index contributed by atoms with van der Waals surface area (Å²) in [5.41, 5.74) is 5.08. The van der Waals surface area contributed by atoms with Gasteiger partial charge in [0.15, 0.2) is 0 Å². The van der Waals surface area contributed by atoms with Gasteiger partial charge in [-0.1, -0.05) is 6.07 Å². The predicted octanol–water partition coefficient (Wildman–Crippen LogP) is 1.97. The molecule has 1 amide bonds. The number of amides is 1. The highest BCUT2D eigenvalue weighted by atomic mass is 32.1. The average Bonchev–Trinajstić information content (AvgIpc) is 3.20. The van der Waals surface area contributed by atoms with E-state index in [0.29, 0.717) is 19.4 Å². The van der Waals surface area contributed by atoms with Crippen LogP contribution < -0.4 is 5.32 Å². The third-order valence-corrected chi connectivity index (χ3v) is 5.26. The van der Waals surface area contributed by atoms with E-state index >= 15 is 0 Å². The van der Waals surface area contributed by atoms with Gasteiger partial charge in [0.25, 0.3) is 0 Å². The van der Waals surface area contributed by atoms with Crippen LogP contribution in [0.4, 0.5) is 0 Å². The first-order valence-electron chi connectivity index (χ1n) is 8.90. The molecule has 0 aliphatic carbocycles. The Morgan fingerprint density at radius 2 is 2.19 bits per heavy atom. The second-order valence-electron chi connectivity index (χ2n) is 6.72. The minimum absolute atomic E-state index is 0.128. The van der Waals surface area contributed by atoms with E-state index in [0.717, 1.165) is 48.3 Å². The summed E-state index contributed by atoms with van der Waals surface area (Å²) >= 11 is 1.21. The molecule has 4 rings (SSSR count). The Bertz CT molecular complexity index is 894. The van der Waals surface area contributed by atoms with E-state index < -0.39 is 0 Å². The molecule has 2 aromatic heterocycles. The van der Waals surface area contributed by atoms with Crippen LogP contribution in [0.15, 0.2) is 24.3 Å². The lowest BCUT2D eigenvalue weighted by Crippen LogP contribution is -2.26. The molecule has 0 saturated heterocycles. The summed E-state index contributed by atoms with van der Waals surface area (Å²) in [5, 5.41) is 8.04. The van der Waals surface area contributed by atoms with Gasteiger partial charge in [0.05, 0.1) is 23.1 Å². The van der Waals surface area contributed by atoms with E-state index in [9.17, 15) is 4.79 Å².